The summed E-state index contributed by atoms with van der Waals surface area (Å²) in [6.07, 6.45) is 4.23. The molecular formula is C18H23N5O3. The fraction of sp³-hybridized carbons (Fsp3) is 0.444. The summed E-state index contributed by atoms with van der Waals surface area (Å²) in [6, 6.07) is 7.81. The summed E-state index contributed by atoms with van der Waals surface area (Å²) in [5.41, 5.74) is 6.73. The molecule has 2 atom stereocenters. The van der Waals surface area contributed by atoms with E-state index in [-0.39, 0.29) is 18.2 Å². The Kier molecular flexibility index (Phi) is 6.31. The average Bonchev–Trinajstić information content (AvgIpc) is 2.83. The molecule has 5 N–H and O–H groups in total. The van der Waals surface area contributed by atoms with E-state index >= 15 is 0 Å². The normalized spacial score (nSPS) is 23.9. The summed E-state index contributed by atoms with van der Waals surface area (Å²) < 4.78 is 0. The Morgan fingerprint density at radius 1 is 1.42 bits per heavy atom. The van der Waals surface area contributed by atoms with E-state index in [2.05, 4.69) is 17.3 Å². The van der Waals surface area contributed by atoms with E-state index in [0.29, 0.717) is 28.9 Å². The molecule has 2 fully saturated rings. The lowest BCUT2D eigenvalue weighted by Crippen LogP contribution is -2.50. The van der Waals surface area contributed by atoms with Gasteiger partial charge in [0.1, 0.15) is 5.71 Å². The van der Waals surface area contributed by atoms with Crippen LogP contribution in [0.3, 0.4) is 0 Å². The van der Waals surface area contributed by atoms with E-state index in [4.69, 9.17) is 26.3 Å². The number of nitrogens with one attached hydrogen (secondary N) is 2. The lowest BCUT2D eigenvalue weighted by Gasteiger charge is -2.36. The smallest absolute Gasteiger partial charge is 0.290 e. The van der Waals surface area contributed by atoms with Gasteiger partial charge in [-0.2, -0.15) is 5.26 Å². The molecule has 26 heavy (non-hydrogen) atoms. The molecule has 2 saturated heterocycles. The summed E-state index contributed by atoms with van der Waals surface area (Å²) in [4.78, 5) is 23.2. The number of anilines is 1. The van der Waals surface area contributed by atoms with Gasteiger partial charge in [-0.25, -0.2) is 0 Å². The molecule has 0 radical (unpaired) electrons. The zero-order valence-electron chi connectivity index (χ0n) is 14.6. The predicted octanol–water partition coefficient (Wildman–Crippen LogP) is 0.951. The van der Waals surface area contributed by atoms with Crippen LogP contribution >= 0.6 is 0 Å². The second-order valence-corrected chi connectivity index (χ2v) is 6.59. The van der Waals surface area contributed by atoms with Crippen LogP contribution in [-0.2, 0) is 9.59 Å². The van der Waals surface area contributed by atoms with E-state index in [1.807, 2.05) is 6.07 Å². The number of amides is 1. The minimum Gasteiger partial charge on any atom is -0.483 e. The van der Waals surface area contributed by atoms with Crippen LogP contribution in [0.25, 0.3) is 0 Å². The Labute approximate surface area is 152 Å². The molecule has 0 aromatic heterocycles. The molecule has 0 aliphatic carbocycles. The number of piperidine rings is 1. The first-order valence-electron chi connectivity index (χ1n) is 8.40. The van der Waals surface area contributed by atoms with Crippen molar-refractivity contribution < 1.29 is 14.7 Å². The number of rotatable bonds is 3. The van der Waals surface area contributed by atoms with Crippen molar-refractivity contribution in [1.29, 1.82) is 10.7 Å². The standard InChI is InChI=1S/C17H21N5O.CH2O2/c1-22-12-3-4-13(22)8-11(7-12)21-17(23)16(20)14-6-10(9-18)2-5-15(14)19;2-1-3/h2,5-6,11-13,20H,3-4,7-8,19H2,1H3,(H,21,23);1H,(H,2,3). The van der Waals surface area contributed by atoms with Crippen LogP contribution in [0.4, 0.5) is 5.69 Å². The molecule has 2 heterocycles. The van der Waals surface area contributed by atoms with Crippen LogP contribution < -0.4 is 11.1 Å². The Balaban J connectivity index is 0.000000758. The van der Waals surface area contributed by atoms with Crippen molar-refractivity contribution in [2.24, 2.45) is 0 Å². The third kappa shape index (κ3) is 4.18. The van der Waals surface area contributed by atoms with Crippen molar-refractivity contribution in [2.75, 3.05) is 12.8 Å². The molecular weight excluding hydrogens is 334 g/mol. The van der Waals surface area contributed by atoms with Gasteiger partial charge in [0.2, 0.25) is 0 Å². The molecule has 1 aromatic rings. The fourth-order valence-electron chi connectivity index (χ4n) is 3.75. The molecule has 2 bridgehead atoms. The minimum absolute atomic E-state index is 0.108. The second-order valence-electron chi connectivity index (χ2n) is 6.59. The first kappa shape index (κ1) is 19.4. The van der Waals surface area contributed by atoms with Crippen molar-refractivity contribution in [3.8, 4) is 6.07 Å². The van der Waals surface area contributed by atoms with Crippen LogP contribution in [-0.4, -0.2) is 53.3 Å². The van der Waals surface area contributed by atoms with Gasteiger partial charge in [-0.1, -0.05) is 0 Å². The van der Waals surface area contributed by atoms with Gasteiger partial charge in [0.15, 0.2) is 0 Å². The molecule has 1 aromatic carbocycles. The fourth-order valence-corrected chi connectivity index (χ4v) is 3.75. The van der Waals surface area contributed by atoms with Crippen LogP contribution in [0.15, 0.2) is 18.2 Å². The number of nitrogens with zero attached hydrogens (tertiary/aromatic N) is 2. The van der Waals surface area contributed by atoms with Gasteiger partial charge in [0, 0.05) is 29.4 Å². The van der Waals surface area contributed by atoms with E-state index < -0.39 is 5.91 Å². The summed E-state index contributed by atoms with van der Waals surface area (Å²) in [7, 11) is 2.15. The Hall–Kier alpha value is -2.92. The van der Waals surface area contributed by atoms with Crippen LogP contribution in [0.5, 0.6) is 0 Å². The van der Waals surface area contributed by atoms with Gasteiger partial charge < -0.3 is 21.1 Å². The number of fused-ring (bicyclic) bond motifs is 2. The molecule has 0 spiro atoms. The van der Waals surface area contributed by atoms with Gasteiger partial charge in [-0.15, -0.1) is 0 Å². The topological polar surface area (TPSA) is 143 Å². The van der Waals surface area contributed by atoms with Crippen LogP contribution in [0, 0.1) is 16.7 Å². The number of nitrogens with two attached hydrogens (primary N) is 1. The van der Waals surface area contributed by atoms with Gasteiger partial charge in [-0.05, 0) is 50.9 Å². The van der Waals surface area contributed by atoms with Gasteiger partial charge >= 0.3 is 0 Å². The van der Waals surface area contributed by atoms with E-state index in [9.17, 15) is 4.79 Å². The third-order valence-electron chi connectivity index (χ3n) is 5.11. The molecule has 3 rings (SSSR count). The zero-order chi connectivity index (χ0) is 19.3. The van der Waals surface area contributed by atoms with Gasteiger partial charge in [-0.3, -0.25) is 15.0 Å². The van der Waals surface area contributed by atoms with Crippen LogP contribution in [0.1, 0.15) is 36.8 Å². The van der Waals surface area contributed by atoms with Crippen molar-refractivity contribution >= 4 is 23.8 Å². The quantitative estimate of drug-likeness (QED) is 0.360. The molecule has 2 aliphatic rings. The van der Waals surface area contributed by atoms with Gasteiger partial charge in [0.25, 0.3) is 12.4 Å². The van der Waals surface area contributed by atoms with E-state index in [0.717, 1.165) is 12.8 Å². The number of carbonyl (C=O) groups excluding carboxylic acids is 1. The molecule has 8 nitrogen and oxygen atoms in total. The molecule has 8 heteroatoms. The Morgan fingerprint density at radius 2 is 2.00 bits per heavy atom. The van der Waals surface area contributed by atoms with E-state index in [1.54, 1.807) is 12.1 Å². The molecule has 1 amide bonds. The predicted molar refractivity (Wildman–Crippen MR) is 96.8 cm³/mol. The number of nitrogen functional groups attached to an aromatic ring is 1. The molecule has 0 saturated carbocycles. The molecule has 2 aliphatic heterocycles. The summed E-state index contributed by atoms with van der Waals surface area (Å²) >= 11 is 0. The van der Waals surface area contributed by atoms with Crippen molar-refractivity contribution in [3.63, 3.8) is 0 Å². The number of benzene rings is 1. The first-order valence-corrected chi connectivity index (χ1v) is 8.40. The average molecular weight is 357 g/mol. The van der Waals surface area contributed by atoms with Crippen molar-refractivity contribution in [3.05, 3.63) is 29.3 Å². The summed E-state index contributed by atoms with van der Waals surface area (Å²) in [5.74, 6) is -0.416. The van der Waals surface area contributed by atoms with Crippen molar-refractivity contribution in [1.82, 2.24) is 10.2 Å². The maximum absolute atomic E-state index is 12.4. The highest BCUT2D eigenvalue weighted by Crippen LogP contribution is 2.34. The lowest BCUT2D eigenvalue weighted by molar-refractivity contribution is -0.123. The van der Waals surface area contributed by atoms with E-state index in [1.165, 1.54) is 18.9 Å². The zero-order valence-corrected chi connectivity index (χ0v) is 14.6. The van der Waals surface area contributed by atoms with Gasteiger partial charge in [0.05, 0.1) is 11.6 Å². The number of hydrogen-bond acceptors (Lipinski definition) is 6. The first-order chi connectivity index (χ1) is 12.4. The minimum atomic E-state index is -0.416. The number of carbonyl (C=O) groups is 2. The highest BCUT2D eigenvalue weighted by atomic mass is 16.3. The largest absolute Gasteiger partial charge is 0.483 e. The summed E-state index contributed by atoms with van der Waals surface area (Å²) in [5, 5.41) is 26.9. The summed E-state index contributed by atoms with van der Waals surface area (Å²) in [6.45, 7) is -0.250. The maximum Gasteiger partial charge on any atom is 0.290 e. The van der Waals surface area contributed by atoms with Crippen LogP contribution in [0.2, 0.25) is 0 Å². The highest BCUT2D eigenvalue weighted by molar-refractivity contribution is 6.45. The molecule has 138 valence electrons. The SMILES string of the molecule is CN1C2CCC1CC(NC(=O)C(=N)c1cc(C#N)ccc1N)C2.O=CO. The number of carboxylic acid groups (broad SMARTS) is 1. The number of nitriles is 1. The highest BCUT2D eigenvalue weighted by Gasteiger charge is 2.39. The lowest BCUT2D eigenvalue weighted by atomic mass is 9.97. The Bertz CT molecular complexity index is 729. The second kappa shape index (κ2) is 8.45. The monoisotopic (exact) mass is 357 g/mol. The van der Waals surface area contributed by atoms with Crippen molar-refractivity contribution in [2.45, 2.75) is 43.8 Å². The maximum atomic E-state index is 12.4. The Morgan fingerprint density at radius 3 is 2.54 bits per heavy atom. The number of hydrogen-bond donors (Lipinski definition) is 4. The molecule has 2 unspecified atom stereocenters. The third-order valence-corrected chi connectivity index (χ3v) is 5.11.